The average Bonchev–Trinajstić information content (AvgIpc) is 2.56. The molecular formula is C14H11ClN4O6. The van der Waals surface area contributed by atoms with E-state index in [4.69, 9.17) is 0 Å². The minimum Gasteiger partial charge on any atom is -0.502 e. The number of benzene rings is 2. The van der Waals surface area contributed by atoms with Crippen molar-refractivity contribution in [3.8, 4) is 5.75 Å². The van der Waals surface area contributed by atoms with Crippen molar-refractivity contribution >= 4 is 35.9 Å². The summed E-state index contributed by atoms with van der Waals surface area (Å²) in [5.41, 5.74) is 0.780. The second-order valence-corrected chi connectivity index (χ2v) is 4.48. The Hall–Kier alpha value is -3.53. The summed E-state index contributed by atoms with van der Waals surface area (Å²) in [4.78, 5) is 31.6. The topological polar surface area (TPSA) is 148 Å². The highest BCUT2D eigenvalue weighted by atomic mass is 35.5. The normalized spacial score (nSPS) is 10.1. The number of phenolic OH excluding ortho intramolecular Hbond substituents is 1. The molecule has 0 atom stereocenters. The van der Waals surface area contributed by atoms with Crippen molar-refractivity contribution in [1.29, 1.82) is 0 Å². The number of nitro benzene ring substituents is 2. The lowest BCUT2D eigenvalue weighted by molar-refractivity contribution is -0.394. The molecule has 2 rings (SSSR count). The highest BCUT2D eigenvalue weighted by molar-refractivity contribution is 5.95. The molecule has 25 heavy (non-hydrogen) atoms. The van der Waals surface area contributed by atoms with Crippen molar-refractivity contribution in [2.75, 3.05) is 0 Å². The molecule has 0 heterocycles. The van der Waals surface area contributed by atoms with Crippen LogP contribution in [0.4, 0.5) is 11.4 Å². The highest BCUT2D eigenvalue weighted by Gasteiger charge is 2.23. The molecule has 0 radical (unpaired) electrons. The minimum absolute atomic E-state index is 0. The van der Waals surface area contributed by atoms with Gasteiger partial charge in [-0.2, -0.15) is 5.10 Å². The largest absolute Gasteiger partial charge is 0.502 e. The predicted octanol–water partition coefficient (Wildman–Crippen LogP) is 2.39. The van der Waals surface area contributed by atoms with Gasteiger partial charge < -0.3 is 5.11 Å². The van der Waals surface area contributed by atoms with Crippen LogP contribution in [0.5, 0.6) is 5.75 Å². The van der Waals surface area contributed by atoms with E-state index in [-0.39, 0.29) is 18.0 Å². The number of rotatable bonds is 5. The number of phenols is 1. The number of hydrogen-bond acceptors (Lipinski definition) is 7. The zero-order valence-corrected chi connectivity index (χ0v) is 13.2. The van der Waals surface area contributed by atoms with Crippen LogP contribution in [0.15, 0.2) is 47.6 Å². The number of aromatic hydroxyl groups is 1. The Bertz CT molecular complexity index is 841. The van der Waals surface area contributed by atoms with Gasteiger partial charge >= 0.3 is 5.69 Å². The van der Waals surface area contributed by atoms with E-state index in [2.05, 4.69) is 10.5 Å². The number of carbonyl (C=O) groups excluding carboxylic acids is 1. The maximum Gasteiger partial charge on any atom is 0.318 e. The number of halogens is 1. The van der Waals surface area contributed by atoms with E-state index in [0.29, 0.717) is 11.6 Å². The highest BCUT2D eigenvalue weighted by Crippen LogP contribution is 2.33. The van der Waals surface area contributed by atoms with Gasteiger partial charge in [0.05, 0.1) is 27.7 Å². The van der Waals surface area contributed by atoms with Crippen molar-refractivity contribution in [1.82, 2.24) is 5.43 Å². The van der Waals surface area contributed by atoms with Crippen LogP contribution in [-0.2, 0) is 0 Å². The Morgan fingerprint density at radius 2 is 1.76 bits per heavy atom. The van der Waals surface area contributed by atoms with Crippen LogP contribution in [0, 0.1) is 20.2 Å². The molecule has 0 unspecified atom stereocenters. The van der Waals surface area contributed by atoms with E-state index in [1.165, 1.54) is 0 Å². The summed E-state index contributed by atoms with van der Waals surface area (Å²) in [6.45, 7) is 0. The van der Waals surface area contributed by atoms with Crippen molar-refractivity contribution in [3.05, 3.63) is 73.8 Å². The molecule has 10 nitrogen and oxygen atoms in total. The van der Waals surface area contributed by atoms with Crippen LogP contribution in [0.25, 0.3) is 0 Å². The Kier molecular flexibility index (Phi) is 6.52. The van der Waals surface area contributed by atoms with Crippen LogP contribution in [0.1, 0.15) is 15.9 Å². The second-order valence-electron chi connectivity index (χ2n) is 4.48. The Morgan fingerprint density at radius 1 is 1.12 bits per heavy atom. The number of carbonyl (C=O) groups is 1. The lowest BCUT2D eigenvalue weighted by Crippen LogP contribution is -2.17. The maximum absolute atomic E-state index is 11.8. The summed E-state index contributed by atoms with van der Waals surface area (Å²) in [5, 5.41) is 34.9. The zero-order chi connectivity index (χ0) is 17.7. The molecule has 0 saturated heterocycles. The number of nitro groups is 2. The van der Waals surface area contributed by atoms with Crippen molar-refractivity contribution in [2.45, 2.75) is 0 Å². The molecule has 0 aromatic heterocycles. The molecule has 2 N–H and O–H groups in total. The van der Waals surface area contributed by atoms with E-state index in [0.717, 1.165) is 12.3 Å². The zero-order valence-electron chi connectivity index (χ0n) is 12.4. The molecule has 11 heteroatoms. The third kappa shape index (κ3) is 4.72. The molecule has 1 amide bonds. The third-order valence-corrected chi connectivity index (χ3v) is 2.92. The van der Waals surface area contributed by atoms with E-state index in [1.54, 1.807) is 30.3 Å². The van der Waals surface area contributed by atoms with Crippen LogP contribution in [-0.4, -0.2) is 27.1 Å². The summed E-state index contributed by atoms with van der Waals surface area (Å²) in [7, 11) is 0. The first-order chi connectivity index (χ1) is 11.4. The summed E-state index contributed by atoms with van der Waals surface area (Å²) in [6, 6.07) is 9.64. The van der Waals surface area contributed by atoms with Crippen molar-refractivity contribution in [3.63, 3.8) is 0 Å². The van der Waals surface area contributed by atoms with Crippen LogP contribution in [0.2, 0.25) is 0 Å². The molecule has 0 bridgehead atoms. The molecule has 0 aliphatic heterocycles. The first kappa shape index (κ1) is 19.5. The minimum atomic E-state index is -0.956. The van der Waals surface area contributed by atoms with Crippen LogP contribution >= 0.6 is 12.4 Å². The molecule has 0 aliphatic carbocycles. The van der Waals surface area contributed by atoms with E-state index in [1.807, 2.05) is 0 Å². The molecule has 2 aromatic carbocycles. The molecule has 0 saturated carbocycles. The number of hydrogen-bond donors (Lipinski definition) is 2. The van der Waals surface area contributed by atoms with E-state index in [9.17, 15) is 30.1 Å². The Balaban J connectivity index is 0.00000312. The van der Waals surface area contributed by atoms with Gasteiger partial charge in [0.2, 0.25) is 5.75 Å². The quantitative estimate of drug-likeness (QED) is 0.471. The smallest absolute Gasteiger partial charge is 0.318 e. The maximum atomic E-state index is 11.8. The first-order valence-corrected chi connectivity index (χ1v) is 6.44. The average molecular weight is 367 g/mol. The second kappa shape index (κ2) is 8.36. The SMILES string of the molecule is Cl.O=C(NN=Cc1cc([N+](=O)[O-])cc([N+](=O)[O-])c1O)c1ccccc1. The van der Waals surface area contributed by atoms with Gasteiger partial charge in [0, 0.05) is 11.6 Å². The number of nitrogens with zero attached hydrogens (tertiary/aromatic N) is 3. The molecule has 0 spiro atoms. The van der Waals surface area contributed by atoms with Crippen LogP contribution < -0.4 is 5.43 Å². The van der Waals surface area contributed by atoms with Gasteiger partial charge in [-0.15, -0.1) is 12.4 Å². The monoisotopic (exact) mass is 366 g/mol. The first-order valence-electron chi connectivity index (χ1n) is 6.44. The molecular weight excluding hydrogens is 356 g/mol. The summed E-state index contributed by atoms with van der Waals surface area (Å²) in [6.07, 6.45) is 0.885. The predicted molar refractivity (Wildman–Crippen MR) is 90.2 cm³/mol. The van der Waals surface area contributed by atoms with E-state index >= 15 is 0 Å². The number of amides is 1. The fraction of sp³-hybridized carbons (Fsp3) is 0. The Morgan fingerprint density at radius 3 is 2.32 bits per heavy atom. The summed E-state index contributed by atoms with van der Waals surface area (Å²) < 4.78 is 0. The molecule has 0 aliphatic rings. The number of nitrogens with one attached hydrogen (secondary N) is 1. The lowest BCUT2D eigenvalue weighted by Gasteiger charge is -2.02. The van der Waals surface area contributed by atoms with E-state index < -0.39 is 32.9 Å². The van der Waals surface area contributed by atoms with Gasteiger partial charge in [0.15, 0.2) is 0 Å². The molecule has 130 valence electrons. The third-order valence-electron chi connectivity index (χ3n) is 2.92. The van der Waals surface area contributed by atoms with Gasteiger partial charge in [0.1, 0.15) is 0 Å². The lowest BCUT2D eigenvalue weighted by atomic mass is 10.1. The Labute approximate surface area is 146 Å². The number of non-ortho nitro benzene ring substituents is 1. The van der Waals surface area contributed by atoms with Crippen molar-refractivity contribution < 1.29 is 19.7 Å². The van der Waals surface area contributed by atoms with Crippen molar-refractivity contribution in [2.24, 2.45) is 5.10 Å². The fourth-order valence-corrected chi connectivity index (χ4v) is 1.78. The summed E-state index contributed by atoms with van der Waals surface area (Å²) in [5.74, 6) is -1.34. The van der Waals surface area contributed by atoms with Crippen LogP contribution in [0.3, 0.4) is 0 Å². The van der Waals surface area contributed by atoms with Gasteiger partial charge in [-0.3, -0.25) is 25.0 Å². The summed E-state index contributed by atoms with van der Waals surface area (Å²) >= 11 is 0. The standard InChI is InChI=1S/C14H10N4O6.ClH/c19-13-10(6-11(17(21)22)7-12(13)18(23)24)8-15-16-14(20)9-4-2-1-3-5-9;/h1-8,19H,(H,16,20);1H. The van der Waals surface area contributed by atoms with Gasteiger partial charge in [-0.1, -0.05) is 18.2 Å². The van der Waals surface area contributed by atoms with Gasteiger partial charge in [-0.25, -0.2) is 5.43 Å². The van der Waals surface area contributed by atoms with Gasteiger partial charge in [-0.05, 0) is 12.1 Å². The van der Waals surface area contributed by atoms with Gasteiger partial charge in [0.25, 0.3) is 11.6 Å². The fourth-order valence-electron chi connectivity index (χ4n) is 1.78. The molecule has 2 aromatic rings. The number of hydrazone groups is 1. The molecule has 0 fully saturated rings.